The van der Waals surface area contributed by atoms with E-state index in [1.165, 1.54) is 25.2 Å². The van der Waals surface area contributed by atoms with E-state index in [9.17, 15) is 8.78 Å². The molecule has 4 heterocycles. The van der Waals surface area contributed by atoms with Crippen LogP contribution < -0.4 is 10.6 Å². The Balaban J connectivity index is 1.37. The lowest BCUT2D eigenvalue weighted by Gasteiger charge is -2.33. The third-order valence-corrected chi connectivity index (χ3v) is 7.60. The molecule has 2 fully saturated rings. The average Bonchev–Trinajstić information content (AvgIpc) is 3.51. The van der Waals surface area contributed by atoms with Gasteiger partial charge in [0, 0.05) is 43.9 Å². The topological polar surface area (TPSA) is 76.1 Å². The van der Waals surface area contributed by atoms with E-state index in [2.05, 4.69) is 40.3 Å². The largest absolute Gasteiger partial charge is 0.383 e. The van der Waals surface area contributed by atoms with E-state index in [0.29, 0.717) is 17.1 Å². The molecule has 0 saturated carbocycles. The summed E-state index contributed by atoms with van der Waals surface area (Å²) in [5.74, 6) is 0.827. The van der Waals surface area contributed by atoms with E-state index >= 15 is 0 Å². The Kier molecular flexibility index (Phi) is 6.78. The van der Waals surface area contributed by atoms with Gasteiger partial charge in [-0.1, -0.05) is 0 Å². The quantitative estimate of drug-likeness (QED) is 0.506. The van der Waals surface area contributed by atoms with E-state index in [1.807, 2.05) is 6.20 Å². The molecule has 0 unspecified atom stereocenters. The molecule has 2 N–H and O–H groups in total. The van der Waals surface area contributed by atoms with Crippen molar-refractivity contribution in [1.29, 1.82) is 0 Å². The van der Waals surface area contributed by atoms with Crippen LogP contribution in [0.2, 0.25) is 0 Å². The number of halogens is 3. The summed E-state index contributed by atoms with van der Waals surface area (Å²) in [7, 11) is 0. The number of nitrogen functional groups attached to an aromatic ring is 1. The number of nitrogens with two attached hydrogens (primary N) is 1. The van der Waals surface area contributed by atoms with Crippen LogP contribution in [-0.4, -0.2) is 57.1 Å². The van der Waals surface area contributed by atoms with Gasteiger partial charge in [0.15, 0.2) is 11.6 Å². The molecule has 2 aliphatic rings. The van der Waals surface area contributed by atoms with Gasteiger partial charge in [0.05, 0.1) is 5.69 Å². The molecule has 180 valence electrons. The minimum Gasteiger partial charge on any atom is -0.383 e. The lowest BCUT2D eigenvalue weighted by Crippen LogP contribution is -2.35. The number of rotatable bonds is 6. The molecule has 0 spiro atoms. The molecule has 5 rings (SSSR count). The van der Waals surface area contributed by atoms with E-state index in [0.717, 1.165) is 74.3 Å². The fraction of sp³-hybridized carbons (Fsp3) is 0.458. The zero-order valence-electron chi connectivity index (χ0n) is 18.9. The highest BCUT2D eigenvalue weighted by molar-refractivity contribution is 9.10. The van der Waals surface area contributed by atoms with Crippen LogP contribution in [0.1, 0.15) is 37.4 Å². The molecule has 0 atom stereocenters. The number of likely N-dealkylation sites (tertiary alicyclic amines) is 1. The summed E-state index contributed by atoms with van der Waals surface area (Å²) >= 11 is 3.51. The zero-order chi connectivity index (χ0) is 23.7. The van der Waals surface area contributed by atoms with Gasteiger partial charge >= 0.3 is 0 Å². The van der Waals surface area contributed by atoms with Crippen molar-refractivity contribution in [1.82, 2.24) is 24.4 Å². The van der Waals surface area contributed by atoms with Gasteiger partial charge in [0.1, 0.15) is 28.3 Å². The van der Waals surface area contributed by atoms with Crippen LogP contribution in [0.4, 0.5) is 20.4 Å². The number of benzene rings is 1. The number of piperidine rings is 1. The van der Waals surface area contributed by atoms with Gasteiger partial charge < -0.3 is 20.1 Å². The molecule has 3 aromatic rings. The van der Waals surface area contributed by atoms with Crippen molar-refractivity contribution in [3.8, 4) is 11.3 Å². The fourth-order valence-corrected chi connectivity index (χ4v) is 5.38. The summed E-state index contributed by atoms with van der Waals surface area (Å²) in [6.45, 7) is 5.70. The van der Waals surface area contributed by atoms with Crippen molar-refractivity contribution in [3.63, 3.8) is 0 Å². The summed E-state index contributed by atoms with van der Waals surface area (Å²) in [6, 6.07) is 3.98. The van der Waals surface area contributed by atoms with E-state index in [4.69, 9.17) is 10.7 Å². The van der Waals surface area contributed by atoms with Crippen molar-refractivity contribution < 1.29 is 8.78 Å². The summed E-state index contributed by atoms with van der Waals surface area (Å²) in [6.07, 6.45) is 7.80. The second-order valence-corrected chi connectivity index (χ2v) is 9.81. The molecular weight excluding hydrogens is 504 g/mol. The minimum absolute atomic E-state index is 0.270. The maximum Gasteiger partial charge on any atom is 0.159 e. The van der Waals surface area contributed by atoms with E-state index in [-0.39, 0.29) is 5.92 Å². The normalized spacial score (nSPS) is 17.6. The fourth-order valence-electron chi connectivity index (χ4n) is 4.93. The summed E-state index contributed by atoms with van der Waals surface area (Å²) < 4.78 is 30.3. The molecule has 2 saturated heterocycles. The second-order valence-electron chi connectivity index (χ2n) is 9.01. The standard InChI is InChI=1S/C24H28BrF2N7/c25-21-22(28)29-15-30-24(21)33-9-5-16(6-10-33)23-31-20(17-3-4-18(26)19(27)13-17)14-34(23)12-11-32-7-1-2-8-32/h3-4,13-16H,1-2,5-12H2,(H2,28,29,30). The van der Waals surface area contributed by atoms with Gasteiger partial charge in [-0.25, -0.2) is 23.7 Å². The third-order valence-electron chi connectivity index (χ3n) is 6.84. The van der Waals surface area contributed by atoms with Crippen molar-refractivity contribution in [2.75, 3.05) is 43.4 Å². The lowest BCUT2D eigenvalue weighted by molar-refractivity contribution is 0.317. The van der Waals surface area contributed by atoms with Gasteiger partial charge in [0.2, 0.25) is 0 Å². The predicted molar refractivity (Wildman–Crippen MR) is 132 cm³/mol. The first kappa shape index (κ1) is 23.2. The summed E-state index contributed by atoms with van der Waals surface area (Å²) in [5.41, 5.74) is 7.22. The Bertz CT molecular complexity index is 1150. The Morgan fingerprint density at radius 2 is 1.76 bits per heavy atom. The smallest absolute Gasteiger partial charge is 0.159 e. The lowest BCUT2D eigenvalue weighted by atomic mass is 9.96. The number of anilines is 2. The van der Waals surface area contributed by atoms with Crippen LogP contribution in [0, 0.1) is 11.6 Å². The first-order valence-corrected chi connectivity index (χ1v) is 12.5. The first-order chi connectivity index (χ1) is 16.5. The molecule has 10 heteroatoms. The average molecular weight is 532 g/mol. The second kappa shape index (κ2) is 9.95. The predicted octanol–water partition coefficient (Wildman–Crippen LogP) is 4.44. The highest BCUT2D eigenvalue weighted by atomic mass is 79.9. The Morgan fingerprint density at radius 1 is 1.00 bits per heavy atom. The number of aromatic nitrogens is 4. The van der Waals surface area contributed by atoms with Crippen molar-refractivity contribution >= 4 is 27.6 Å². The molecule has 2 aliphatic heterocycles. The first-order valence-electron chi connectivity index (χ1n) is 11.8. The van der Waals surface area contributed by atoms with Gasteiger partial charge in [-0.2, -0.15) is 0 Å². The monoisotopic (exact) mass is 531 g/mol. The molecular formula is C24H28BrF2N7. The highest BCUT2D eigenvalue weighted by Gasteiger charge is 2.27. The van der Waals surface area contributed by atoms with Crippen molar-refractivity contribution in [2.24, 2.45) is 0 Å². The van der Waals surface area contributed by atoms with Crippen LogP contribution in [0.3, 0.4) is 0 Å². The summed E-state index contributed by atoms with van der Waals surface area (Å²) in [4.78, 5) is 18.1. The Morgan fingerprint density at radius 3 is 2.50 bits per heavy atom. The van der Waals surface area contributed by atoms with Gasteiger partial charge in [-0.05, 0) is 72.9 Å². The third kappa shape index (κ3) is 4.79. The summed E-state index contributed by atoms with van der Waals surface area (Å²) in [5, 5.41) is 0. The molecule has 7 nitrogen and oxygen atoms in total. The molecule has 0 aliphatic carbocycles. The molecule has 0 amide bonds. The van der Waals surface area contributed by atoms with Crippen LogP contribution in [0.15, 0.2) is 35.2 Å². The van der Waals surface area contributed by atoms with Gasteiger partial charge in [-0.15, -0.1) is 0 Å². The molecule has 0 bridgehead atoms. The molecule has 2 aromatic heterocycles. The SMILES string of the molecule is Nc1ncnc(N2CCC(c3nc(-c4ccc(F)c(F)c4)cn3CCN3CCCC3)CC2)c1Br. The minimum atomic E-state index is -0.853. The van der Waals surface area contributed by atoms with E-state index < -0.39 is 11.6 Å². The number of nitrogens with zero attached hydrogens (tertiary/aromatic N) is 6. The Hall–Kier alpha value is -2.59. The van der Waals surface area contributed by atoms with Crippen LogP contribution in [0.5, 0.6) is 0 Å². The zero-order valence-corrected chi connectivity index (χ0v) is 20.5. The van der Waals surface area contributed by atoms with E-state index in [1.54, 1.807) is 6.07 Å². The van der Waals surface area contributed by atoms with Crippen LogP contribution in [0.25, 0.3) is 11.3 Å². The van der Waals surface area contributed by atoms with Crippen LogP contribution in [-0.2, 0) is 6.54 Å². The van der Waals surface area contributed by atoms with Crippen molar-refractivity contribution in [2.45, 2.75) is 38.1 Å². The number of hydrogen-bond donors (Lipinski definition) is 1. The van der Waals surface area contributed by atoms with Gasteiger partial charge in [0.25, 0.3) is 0 Å². The maximum absolute atomic E-state index is 13.9. The maximum atomic E-state index is 13.9. The molecule has 1 aromatic carbocycles. The molecule has 0 radical (unpaired) electrons. The van der Waals surface area contributed by atoms with Crippen LogP contribution >= 0.6 is 15.9 Å². The van der Waals surface area contributed by atoms with Gasteiger partial charge in [-0.3, -0.25) is 0 Å². The molecule has 34 heavy (non-hydrogen) atoms. The highest BCUT2D eigenvalue weighted by Crippen LogP contribution is 2.35. The number of hydrogen-bond acceptors (Lipinski definition) is 6. The van der Waals surface area contributed by atoms with Crippen molar-refractivity contribution in [3.05, 3.63) is 52.7 Å². The Labute approximate surface area is 206 Å². The number of imidazole rings is 1.